The van der Waals surface area contributed by atoms with E-state index < -0.39 is 0 Å². The monoisotopic (exact) mass is 372 g/mol. The number of aryl methyl sites for hydroxylation is 1. The molecule has 140 valence electrons. The molecule has 3 rings (SSSR count). The SMILES string of the molecule is CCN1CC[C@H](CNC(=O)N(Cc2ccncc2)Cc2ccc(C)s2)C1. The molecule has 0 radical (unpaired) electrons. The Morgan fingerprint density at radius 3 is 2.77 bits per heavy atom. The molecular weight excluding hydrogens is 344 g/mol. The Morgan fingerprint density at radius 2 is 2.12 bits per heavy atom. The Morgan fingerprint density at radius 1 is 1.31 bits per heavy atom. The summed E-state index contributed by atoms with van der Waals surface area (Å²) in [7, 11) is 0. The molecule has 0 bridgehead atoms. The van der Waals surface area contributed by atoms with Crippen molar-refractivity contribution in [2.75, 3.05) is 26.2 Å². The lowest BCUT2D eigenvalue weighted by molar-refractivity contribution is 0.191. The van der Waals surface area contributed by atoms with Crippen molar-refractivity contribution in [3.8, 4) is 0 Å². The highest BCUT2D eigenvalue weighted by atomic mass is 32.1. The van der Waals surface area contributed by atoms with Crippen LogP contribution in [0.2, 0.25) is 0 Å². The summed E-state index contributed by atoms with van der Waals surface area (Å²) in [6.07, 6.45) is 4.72. The maximum absolute atomic E-state index is 12.9. The van der Waals surface area contributed by atoms with Crippen LogP contribution in [0.5, 0.6) is 0 Å². The Balaban J connectivity index is 1.60. The van der Waals surface area contributed by atoms with Gasteiger partial charge in [0.2, 0.25) is 0 Å². The van der Waals surface area contributed by atoms with Crippen molar-refractivity contribution >= 4 is 17.4 Å². The second-order valence-corrected chi connectivity index (χ2v) is 8.33. The van der Waals surface area contributed by atoms with Gasteiger partial charge in [0.25, 0.3) is 0 Å². The zero-order valence-electron chi connectivity index (χ0n) is 15.6. The molecule has 0 unspecified atom stereocenters. The Labute approximate surface area is 160 Å². The molecule has 6 heteroatoms. The molecule has 1 aliphatic heterocycles. The normalized spacial score (nSPS) is 17.4. The molecule has 1 atom stereocenters. The molecule has 2 aromatic rings. The van der Waals surface area contributed by atoms with Gasteiger partial charge in [0, 0.05) is 41.8 Å². The first-order chi connectivity index (χ1) is 12.6. The van der Waals surface area contributed by atoms with E-state index >= 15 is 0 Å². The summed E-state index contributed by atoms with van der Waals surface area (Å²) in [5, 5.41) is 3.17. The predicted octanol–water partition coefficient (Wildman–Crippen LogP) is 3.51. The quantitative estimate of drug-likeness (QED) is 0.809. The number of pyridine rings is 1. The van der Waals surface area contributed by atoms with Gasteiger partial charge in [-0.1, -0.05) is 6.92 Å². The highest BCUT2D eigenvalue weighted by molar-refractivity contribution is 7.11. The lowest BCUT2D eigenvalue weighted by Crippen LogP contribution is -2.41. The van der Waals surface area contributed by atoms with E-state index in [-0.39, 0.29) is 6.03 Å². The summed E-state index contributed by atoms with van der Waals surface area (Å²) in [4.78, 5) is 23.7. The summed E-state index contributed by atoms with van der Waals surface area (Å²) in [6, 6.07) is 8.18. The zero-order valence-corrected chi connectivity index (χ0v) is 16.5. The molecule has 3 heterocycles. The van der Waals surface area contributed by atoms with Crippen molar-refractivity contribution in [2.24, 2.45) is 5.92 Å². The van der Waals surface area contributed by atoms with E-state index in [1.54, 1.807) is 23.7 Å². The van der Waals surface area contributed by atoms with E-state index in [9.17, 15) is 4.79 Å². The Bertz CT molecular complexity index is 703. The summed E-state index contributed by atoms with van der Waals surface area (Å²) in [5.74, 6) is 0.561. The number of hydrogen-bond acceptors (Lipinski definition) is 4. The van der Waals surface area contributed by atoms with Crippen LogP contribution in [0.15, 0.2) is 36.7 Å². The summed E-state index contributed by atoms with van der Waals surface area (Å²) in [5.41, 5.74) is 1.10. The number of hydrogen-bond donors (Lipinski definition) is 1. The third kappa shape index (κ3) is 5.29. The average Bonchev–Trinajstić information content (AvgIpc) is 3.28. The summed E-state index contributed by atoms with van der Waals surface area (Å²) < 4.78 is 0. The average molecular weight is 373 g/mol. The minimum absolute atomic E-state index is 0.0165. The lowest BCUT2D eigenvalue weighted by atomic mass is 10.1. The third-order valence-corrected chi connectivity index (χ3v) is 5.90. The highest BCUT2D eigenvalue weighted by Gasteiger charge is 2.23. The van der Waals surface area contributed by atoms with E-state index in [0.29, 0.717) is 19.0 Å². The molecule has 1 fully saturated rings. The van der Waals surface area contributed by atoms with Crippen LogP contribution < -0.4 is 5.32 Å². The number of urea groups is 1. The molecule has 0 aliphatic carbocycles. The highest BCUT2D eigenvalue weighted by Crippen LogP contribution is 2.19. The predicted molar refractivity (Wildman–Crippen MR) is 106 cm³/mol. The van der Waals surface area contributed by atoms with Gasteiger partial charge in [-0.2, -0.15) is 0 Å². The van der Waals surface area contributed by atoms with Gasteiger partial charge in [-0.05, 0) is 62.2 Å². The number of aromatic nitrogens is 1. The van der Waals surface area contributed by atoms with Crippen LogP contribution in [0.4, 0.5) is 4.79 Å². The molecule has 26 heavy (non-hydrogen) atoms. The van der Waals surface area contributed by atoms with E-state index in [2.05, 4.69) is 41.2 Å². The Kier molecular flexibility index (Phi) is 6.63. The van der Waals surface area contributed by atoms with Crippen LogP contribution in [-0.4, -0.2) is 47.0 Å². The second kappa shape index (κ2) is 9.14. The van der Waals surface area contributed by atoms with Crippen LogP contribution in [0.1, 0.15) is 28.7 Å². The number of amides is 2. The van der Waals surface area contributed by atoms with E-state index in [1.807, 2.05) is 17.0 Å². The second-order valence-electron chi connectivity index (χ2n) is 6.96. The first-order valence-corrected chi connectivity index (χ1v) is 10.1. The molecule has 0 aromatic carbocycles. The van der Waals surface area contributed by atoms with Crippen molar-refractivity contribution in [2.45, 2.75) is 33.4 Å². The molecule has 5 nitrogen and oxygen atoms in total. The van der Waals surface area contributed by atoms with Crippen LogP contribution in [0.25, 0.3) is 0 Å². The van der Waals surface area contributed by atoms with Gasteiger partial charge in [-0.25, -0.2) is 4.79 Å². The fraction of sp³-hybridized carbons (Fsp3) is 0.500. The van der Waals surface area contributed by atoms with Gasteiger partial charge in [-0.15, -0.1) is 11.3 Å². The van der Waals surface area contributed by atoms with Gasteiger partial charge in [0.05, 0.1) is 6.54 Å². The minimum atomic E-state index is 0.0165. The van der Waals surface area contributed by atoms with Gasteiger partial charge in [0.15, 0.2) is 0 Å². The van der Waals surface area contributed by atoms with Crippen LogP contribution in [0, 0.1) is 12.8 Å². The zero-order chi connectivity index (χ0) is 18.4. The number of carbonyl (C=O) groups is 1. The number of likely N-dealkylation sites (tertiary alicyclic amines) is 1. The summed E-state index contributed by atoms with van der Waals surface area (Å²) in [6.45, 7) is 9.61. The molecule has 1 N–H and O–H groups in total. The third-order valence-electron chi connectivity index (χ3n) is 4.91. The maximum Gasteiger partial charge on any atom is 0.318 e. The fourth-order valence-corrected chi connectivity index (χ4v) is 4.28. The van der Waals surface area contributed by atoms with Gasteiger partial charge < -0.3 is 15.1 Å². The number of nitrogens with one attached hydrogen (secondary N) is 1. The van der Waals surface area contributed by atoms with E-state index in [4.69, 9.17) is 0 Å². The van der Waals surface area contributed by atoms with Gasteiger partial charge in [-0.3, -0.25) is 4.98 Å². The molecule has 1 aliphatic rings. The lowest BCUT2D eigenvalue weighted by Gasteiger charge is -2.24. The van der Waals surface area contributed by atoms with Crippen molar-refractivity contribution < 1.29 is 4.79 Å². The molecule has 0 saturated carbocycles. The van der Waals surface area contributed by atoms with Crippen molar-refractivity contribution in [1.82, 2.24) is 20.1 Å². The number of nitrogens with zero attached hydrogens (tertiary/aromatic N) is 3. The minimum Gasteiger partial charge on any atom is -0.338 e. The Hall–Kier alpha value is -1.92. The van der Waals surface area contributed by atoms with Crippen molar-refractivity contribution in [3.05, 3.63) is 52.0 Å². The van der Waals surface area contributed by atoms with Gasteiger partial charge in [0.1, 0.15) is 0 Å². The first-order valence-electron chi connectivity index (χ1n) is 9.33. The number of rotatable bonds is 7. The maximum atomic E-state index is 12.9. The van der Waals surface area contributed by atoms with Crippen LogP contribution >= 0.6 is 11.3 Å². The molecule has 0 spiro atoms. The van der Waals surface area contributed by atoms with E-state index in [1.165, 1.54) is 16.2 Å². The fourth-order valence-electron chi connectivity index (χ4n) is 3.38. The largest absolute Gasteiger partial charge is 0.338 e. The van der Waals surface area contributed by atoms with Crippen LogP contribution in [-0.2, 0) is 13.1 Å². The molecular formula is C20H28N4OS. The smallest absolute Gasteiger partial charge is 0.318 e. The molecule has 2 amide bonds. The molecule has 1 saturated heterocycles. The standard InChI is InChI=1S/C20H28N4OS/c1-3-23-11-8-18(13-23)12-22-20(25)24(14-17-6-9-21-10-7-17)15-19-5-4-16(2)26-19/h4-7,9-10,18H,3,8,11-15H2,1-2H3,(H,22,25)/t18-/m1/s1. The van der Waals surface area contributed by atoms with Crippen molar-refractivity contribution in [1.29, 1.82) is 0 Å². The number of carbonyl (C=O) groups excluding carboxylic acids is 1. The van der Waals surface area contributed by atoms with Crippen LogP contribution in [0.3, 0.4) is 0 Å². The summed E-state index contributed by atoms with van der Waals surface area (Å²) >= 11 is 1.75. The van der Waals surface area contributed by atoms with Crippen molar-refractivity contribution in [3.63, 3.8) is 0 Å². The first kappa shape index (κ1) is 18.9. The number of thiophene rings is 1. The van der Waals surface area contributed by atoms with E-state index in [0.717, 1.165) is 31.7 Å². The van der Waals surface area contributed by atoms with Gasteiger partial charge >= 0.3 is 6.03 Å². The molecule has 2 aromatic heterocycles. The topological polar surface area (TPSA) is 48.5 Å².